The number of fused-ring (bicyclic) bond motifs is 1. The molecule has 0 aliphatic carbocycles. The molecule has 0 saturated carbocycles. The normalized spacial score (nSPS) is 10.5. The fourth-order valence-corrected chi connectivity index (χ4v) is 2.86. The number of methoxy groups -OCH3 is 1. The first-order valence-electron chi connectivity index (χ1n) is 6.88. The van der Waals surface area contributed by atoms with Crippen LogP contribution in [0.1, 0.15) is 26.3 Å². The van der Waals surface area contributed by atoms with Crippen LogP contribution in [0.4, 0.5) is 0 Å². The van der Waals surface area contributed by atoms with Crippen LogP contribution < -0.4 is 0 Å². The van der Waals surface area contributed by atoms with E-state index in [1.807, 2.05) is 24.3 Å². The fraction of sp³-hybridized carbons (Fsp3) is 0.0556. The SMILES string of the molecule is COC(=O)c1ccc(C(=O)c2c(Br)ccc3cccnc23)cc1. The van der Waals surface area contributed by atoms with Crippen molar-refractivity contribution in [3.05, 3.63) is 75.9 Å². The van der Waals surface area contributed by atoms with Gasteiger partial charge in [0.15, 0.2) is 5.78 Å². The Balaban J connectivity index is 2.07. The maximum atomic E-state index is 12.8. The number of carbonyl (C=O) groups excluding carboxylic acids is 2. The van der Waals surface area contributed by atoms with E-state index in [0.29, 0.717) is 26.7 Å². The molecule has 0 bridgehead atoms. The molecule has 0 radical (unpaired) electrons. The van der Waals surface area contributed by atoms with Crippen LogP contribution in [-0.2, 0) is 4.74 Å². The fourth-order valence-electron chi connectivity index (χ4n) is 2.36. The zero-order valence-electron chi connectivity index (χ0n) is 12.2. The van der Waals surface area contributed by atoms with E-state index in [1.54, 1.807) is 30.5 Å². The summed E-state index contributed by atoms with van der Waals surface area (Å²) in [6.45, 7) is 0. The first kappa shape index (κ1) is 15.4. The summed E-state index contributed by atoms with van der Waals surface area (Å²) in [5.41, 5.74) is 2.04. The molecule has 114 valence electrons. The highest BCUT2D eigenvalue weighted by atomic mass is 79.9. The maximum absolute atomic E-state index is 12.8. The summed E-state index contributed by atoms with van der Waals surface area (Å²) in [4.78, 5) is 28.6. The first-order valence-corrected chi connectivity index (χ1v) is 7.67. The highest BCUT2D eigenvalue weighted by Gasteiger charge is 2.17. The van der Waals surface area contributed by atoms with E-state index < -0.39 is 5.97 Å². The minimum absolute atomic E-state index is 0.155. The van der Waals surface area contributed by atoms with Crippen molar-refractivity contribution in [3.8, 4) is 0 Å². The monoisotopic (exact) mass is 369 g/mol. The molecule has 4 nitrogen and oxygen atoms in total. The highest BCUT2D eigenvalue weighted by molar-refractivity contribution is 9.10. The zero-order valence-corrected chi connectivity index (χ0v) is 13.8. The molecule has 0 N–H and O–H groups in total. The topological polar surface area (TPSA) is 56.3 Å². The van der Waals surface area contributed by atoms with Crippen molar-refractivity contribution in [2.24, 2.45) is 0 Å². The van der Waals surface area contributed by atoms with Crippen LogP contribution in [0.5, 0.6) is 0 Å². The average Bonchev–Trinajstić information content (AvgIpc) is 2.60. The Morgan fingerprint density at radius 1 is 1.00 bits per heavy atom. The van der Waals surface area contributed by atoms with Gasteiger partial charge in [-0.05, 0) is 40.2 Å². The molecule has 0 spiro atoms. The molecule has 1 aromatic heterocycles. The van der Waals surface area contributed by atoms with Gasteiger partial charge in [0.2, 0.25) is 0 Å². The molecule has 3 rings (SSSR count). The van der Waals surface area contributed by atoms with E-state index >= 15 is 0 Å². The zero-order chi connectivity index (χ0) is 16.4. The summed E-state index contributed by atoms with van der Waals surface area (Å²) in [5, 5.41) is 0.894. The van der Waals surface area contributed by atoms with Crippen LogP contribution in [-0.4, -0.2) is 23.8 Å². The Labute approximate surface area is 141 Å². The second-order valence-electron chi connectivity index (χ2n) is 4.90. The molecule has 23 heavy (non-hydrogen) atoms. The van der Waals surface area contributed by atoms with Crippen LogP contribution in [0.2, 0.25) is 0 Å². The van der Waals surface area contributed by atoms with Gasteiger partial charge in [-0.2, -0.15) is 0 Å². The minimum Gasteiger partial charge on any atom is -0.465 e. The van der Waals surface area contributed by atoms with Crippen molar-refractivity contribution in [2.75, 3.05) is 7.11 Å². The third kappa shape index (κ3) is 2.87. The average molecular weight is 370 g/mol. The molecule has 0 amide bonds. The van der Waals surface area contributed by atoms with Crippen LogP contribution in [0.25, 0.3) is 10.9 Å². The number of aromatic nitrogens is 1. The molecule has 0 fully saturated rings. The molecule has 1 heterocycles. The molecule has 2 aromatic carbocycles. The van der Waals surface area contributed by atoms with Gasteiger partial charge in [0.1, 0.15) is 0 Å². The smallest absolute Gasteiger partial charge is 0.337 e. The number of ether oxygens (including phenoxy) is 1. The Bertz CT molecular complexity index is 904. The number of rotatable bonds is 3. The van der Waals surface area contributed by atoms with Gasteiger partial charge in [0.05, 0.1) is 23.8 Å². The van der Waals surface area contributed by atoms with Crippen LogP contribution >= 0.6 is 15.9 Å². The van der Waals surface area contributed by atoms with E-state index in [-0.39, 0.29) is 5.78 Å². The Morgan fingerprint density at radius 2 is 1.70 bits per heavy atom. The van der Waals surface area contributed by atoms with Gasteiger partial charge in [-0.1, -0.05) is 24.3 Å². The molecular formula is C18H12BrNO3. The number of carbonyl (C=O) groups is 2. The summed E-state index contributed by atoms with van der Waals surface area (Å²) in [6.07, 6.45) is 1.66. The largest absolute Gasteiger partial charge is 0.465 e. The summed E-state index contributed by atoms with van der Waals surface area (Å²) in [6, 6.07) is 13.9. The Kier molecular flexibility index (Phi) is 4.21. The van der Waals surface area contributed by atoms with E-state index in [0.717, 1.165) is 5.39 Å². The second kappa shape index (κ2) is 6.30. The van der Waals surface area contributed by atoms with Crippen molar-refractivity contribution in [1.82, 2.24) is 4.98 Å². The number of hydrogen-bond acceptors (Lipinski definition) is 4. The lowest BCUT2D eigenvalue weighted by Crippen LogP contribution is -2.06. The third-order valence-electron chi connectivity index (χ3n) is 3.52. The molecule has 0 aliphatic rings. The van der Waals surface area contributed by atoms with Gasteiger partial charge in [-0.15, -0.1) is 0 Å². The molecule has 0 aliphatic heterocycles. The standard InChI is InChI=1S/C18H12BrNO3/c1-23-18(22)13-6-4-12(5-7-13)17(21)15-14(19)9-8-11-3-2-10-20-16(11)15/h2-10H,1H3. The van der Waals surface area contributed by atoms with Crippen molar-refractivity contribution >= 4 is 38.6 Å². The number of esters is 1. The highest BCUT2D eigenvalue weighted by Crippen LogP contribution is 2.27. The number of halogens is 1. The summed E-state index contributed by atoms with van der Waals surface area (Å²) >= 11 is 3.43. The molecular weight excluding hydrogens is 358 g/mol. The quantitative estimate of drug-likeness (QED) is 0.516. The molecule has 5 heteroatoms. The van der Waals surface area contributed by atoms with Crippen molar-refractivity contribution in [2.45, 2.75) is 0 Å². The van der Waals surface area contributed by atoms with E-state index in [4.69, 9.17) is 0 Å². The summed E-state index contributed by atoms with van der Waals surface area (Å²) in [5.74, 6) is -0.588. The van der Waals surface area contributed by atoms with Gasteiger partial charge < -0.3 is 4.74 Å². The van der Waals surface area contributed by atoms with Gasteiger partial charge in [0, 0.05) is 21.6 Å². The lowest BCUT2D eigenvalue weighted by molar-refractivity contribution is 0.0600. The van der Waals surface area contributed by atoms with Crippen LogP contribution in [0, 0.1) is 0 Å². The number of nitrogens with zero attached hydrogens (tertiary/aromatic N) is 1. The van der Waals surface area contributed by atoms with Crippen molar-refractivity contribution in [3.63, 3.8) is 0 Å². The van der Waals surface area contributed by atoms with Crippen molar-refractivity contribution < 1.29 is 14.3 Å². The predicted molar refractivity (Wildman–Crippen MR) is 90.7 cm³/mol. The molecule has 3 aromatic rings. The third-order valence-corrected chi connectivity index (χ3v) is 4.18. The Hall–Kier alpha value is -2.53. The van der Waals surface area contributed by atoms with E-state index in [9.17, 15) is 9.59 Å². The van der Waals surface area contributed by atoms with Gasteiger partial charge in [-0.25, -0.2) is 4.79 Å². The number of benzene rings is 2. The van der Waals surface area contributed by atoms with Gasteiger partial charge >= 0.3 is 5.97 Å². The minimum atomic E-state index is -0.433. The predicted octanol–water partition coefficient (Wildman–Crippen LogP) is 4.01. The maximum Gasteiger partial charge on any atom is 0.337 e. The van der Waals surface area contributed by atoms with Gasteiger partial charge in [-0.3, -0.25) is 9.78 Å². The van der Waals surface area contributed by atoms with Crippen LogP contribution in [0.3, 0.4) is 0 Å². The number of ketones is 1. The van der Waals surface area contributed by atoms with Crippen molar-refractivity contribution in [1.29, 1.82) is 0 Å². The summed E-state index contributed by atoms with van der Waals surface area (Å²) < 4.78 is 5.34. The summed E-state index contributed by atoms with van der Waals surface area (Å²) in [7, 11) is 1.32. The van der Waals surface area contributed by atoms with E-state index in [2.05, 4.69) is 25.7 Å². The number of hydrogen-bond donors (Lipinski definition) is 0. The second-order valence-corrected chi connectivity index (χ2v) is 5.75. The lowest BCUT2D eigenvalue weighted by Gasteiger charge is -2.08. The van der Waals surface area contributed by atoms with E-state index in [1.165, 1.54) is 7.11 Å². The van der Waals surface area contributed by atoms with Gasteiger partial charge in [0.25, 0.3) is 0 Å². The lowest BCUT2D eigenvalue weighted by atomic mass is 9.99. The Morgan fingerprint density at radius 3 is 2.39 bits per heavy atom. The molecule has 0 saturated heterocycles. The molecule has 0 unspecified atom stereocenters. The van der Waals surface area contributed by atoms with Crippen LogP contribution in [0.15, 0.2) is 59.2 Å². The molecule has 0 atom stereocenters. The first-order chi connectivity index (χ1) is 11.1. The number of pyridine rings is 1.